The Labute approximate surface area is 143 Å². The molecule has 2 amide bonds. The van der Waals surface area contributed by atoms with E-state index in [0.717, 1.165) is 6.08 Å². The fourth-order valence-electron chi connectivity index (χ4n) is 2.37. The molecule has 1 heterocycles. The van der Waals surface area contributed by atoms with Crippen molar-refractivity contribution < 1.29 is 24.2 Å². The molecule has 1 saturated heterocycles. The first-order chi connectivity index (χ1) is 11.0. The molecule has 0 spiro atoms. The molecule has 136 valence electrons. The zero-order valence-corrected chi connectivity index (χ0v) is 15.0. The van der Waals surface area contributed by atoms with Gasteiger partial charge >= 0.3 is 12.1 Å². The molecule has 0 aromatic rings. The molecule has 0 saturated carbocycles. The lowest BCUT2D eigenvalue weighted by Crippen LogP contribution is -2.60. The summed E-state index contributed by atoms with van der Waals surface area (Å²) in [6.45, 7) is 9.78. The van der Waals surface area contributed by atoms with Crippen LogP contribution in [0.5, 0.6) is 0 Å². The zero-order valence-electron chi connectivity index (χ0n) is 15.0. The van der Waals surface area contributed by atoms with Crippen molar-refractivity contribution in [1.82, 2.24) is 10.2 Å². The standard InChI is InChI=1S/C17H28N2O5/c1-11(2)10-12(6-7-14(20)21)18-15(22)13-8-9-19(13)16(23)24-17(3,4)5/h6-7,11-13H,8-10H2,1-5H3,(H,18,22)(H,20,21)/t12-,13+/m1/s1. The zero-order chi connectivity index (χ0) is 18.5. The van der Waals surface area contributed by atoms with Gasteiger partial charge in [0.1, 0.15) is 11.6 Å². The van der Waals surface area contributed by atoms with Crippen molar-refractivity contribution in [1.29, 1.82) is 0 Å². The van der Waals surface area contributed by atoms with Crippen LogP contribution in [0.1, 0.15) is 47.5 Å². The molecule has 0 bridgehead atoms. The summed E-state index contributed by atoms with van der Waals surface area (Å²) in [5.41, 5.74) is -0.613. The van der Waals surface area contributed by atoms with Crippen molar-refractivity contribution in [2.45, 2.75) is 65.1 Å². The number of nitrogens with zero attached hydrogens (tertiary/aromatic N) is 1. The quantitative estimate of drug-likeness (QED) is 0.722. The molecular formula is C17H28N2O5. The highest BCUT2D eigenvalue weighted by Gasteiger charge is 2.40. The van der Waals surface area contributed by atoms with Gasteiger partial charge in [-0.1, -0.05) is 19.9 Å². The highest BCUT2D eigenvalue weighted by molar-refractivity contribution is 5.88. The van der Waals surface area contributed by atoms with Crippen LogP contribution in [0.15, 0.2) is 12.2 Å². The number of amides is 2. The van der Waals surface area contributed by atoms with Gasteiger partial charge in [-0.2, -0.15) is 0 Å². The number of hydrogen-bond acceptors (Lipinski definition) is 4. The van der Waals surface area contributed by atoms with Crippen molar-refractivity contribution in [3.63, 3.8) is 0 Å². The van der Waals surface area contributed by atoms with Crippen molar-refractivity contribution in [3.05, 3.63) is 12.2 Å². The van der Waals surface area contributed by atoms with Gasteiger partial charge in [0.15, 0.2) is 0 Å². The minimum absolute atomic E-state index is 0.284. The molecule has 7 heteroatoms. The van der Waals surface area contributed by atoms with Gasteiger partial charge in [-0.3, -0.25) is 9.69 Å². The maximum atomic E-state index is 12.4. The molecule has 1 aliphatic rings. The Kier molecular flexibility index (Phi) is 6.81. The van der Waals surface area contributed by atoms with Crippen LogP contribution < -0.4 is 5.32 Å². The van der Waals surface area contributed by atoms with Gasteiger partial charge in [0, 0.05) is 18.7 Å². The minimum Gasteiger partial charge on any atom is -0.478 e. The van der Waals surface area contributed by atoms with Crippen molar-refractivity contribution >= 4 is 18.0 Å². The number of hydrogen-bond donors (Lipinski definition) is 2. The Bertz CT molecular complexity index is 508. The molecule has 1 rings (SSSR count). The van der Waals surface area contributed by atoms with E-state index in [1.54, 1.807) is 20.8 Å². The van der Waals surface area contributed by atoms with Gasteiger partial charge in [0.2, 0.25) is 5.91 Å². The Morgan fingerprint density at radius 1 is 1.33 bits per heavy atom. The maximum absolute atomic E-state index is 12.4. The third-order valence-electron chi connectivity index (χ3n) is 3.47. The molecule has 0 aromatic heterocycles. The topological polar surface area (TPSA) is 95.9 Å². The molecule has 0 aromatic carbocycles. The number of carbonyl (C=O) groups is 3. The van der Waals surface area contributed by atoms with E-state index in [9.17, 15) is 14.4 Å². The average molecular weight is 340 g/mol. The summed E-state index contributed by atoms with van der Waals surface area (Å²) in [6, 6.07) is -0.942. The smallest absolute Gasteiger partial charge is 0.410 e. The van der Waals surface area contributed by atoms with E-state index in [4.69, 9.17) is 9.84 Å². The highest BCUT2D eigenvalue weighted by Crippen LogP contribution is 2.22. The largest absolute Gasteiger partial charge is 0.478 e. The Balaban J connectivity index is 2.66. The van der Waals surface area contributed by atoms with Crippen LogP contribution in [-0.2, 0) is 14.3 Å². The second-order valence-electron chi connectivity index (χ2n) is 7.42. The summed E-state index contributed by atoms with van der Waals surface area (Å²) in [4.78, 5) is 36.5. The van der Waals surface area contributed by atoms with E-state index in [-0.39, 0.29) is 17.9 Å². The minimum atomic E-state index is -1.06. The van der Waals surface area contributed by atoms with Crippen molar-refractivity contribution in [2.24, 2.45) is 5.92 Å². The first kappa shape index (κ1) is 20.0. The molecule has 7 nitrogen and oxygen atoms in total. The van der Waals surface area contributed by atoms with E-state index < -0.39 is 23.7 Å². The fraction of sp³-hybridized carbons (Fsp3) is 0.706. The summed E-state index contributed by atoms with van der Waals surface area (Å²) >= 11 is 0. The highest BCUT2D eigenvalue weighted by atomic mass is 16.6. The van der Waals surface area contributed by atoms with Gasteiger partial charge in [-0.05, 0) is 39.5 Å². The first-order valence-electron chi connectivity index (χ1n) is 8.20. The van der Waals surface area contributed by atoms with Crippen LogP contribution in [0.4, 0.5) is 4.79 Å². The number of nitrogens with one attached hydrogen (secondary N) is 1. The molecule has 2 N–H and O–H groups in total. The van der Waals surface area contributed by atoms with Crippen LogP contribution in [-0.4, -0.2) is 52.2 Å². The molecule has 1 aliphatic heterocycles. The van der Waals surface area contributed by atoms with Crippen LogP contribution in [0.25, 0.3) is 0 Å². The molecular weight excluding hydrogens is 312 g/mol. The van der Waals surface area contributed by atoms with E-state index in [0.29, 0.717) is 19.4 Å². The van der Waals surface area contributed by atoms with Gasteiger partial charge in [0.05, 0.1) is 0 Å². The molecule has 24 heavy (non-hydrogen) atoms. The Morgan fingerprint density at radius 2 is 1.96 bits per heavy atom. The number of carboxylic acid groups (broad SMARTS) is 1. The normalized spacial score (nSPS) is 19.1. The summed E-state index contributed by atoms with van der Waals surface area (Å²) in [7, 11) is 0. The average Bonchev–Trinajstić information content (AvgIpc) is 2.31. The van der Waals surface area contributed by atoms with Gasteiger partial charge < -0.3 is 15.2 Å². The molecule has 0 unspecified atom stereocenters. The second kappa shape index (κ2) is 8.17. The third kappa shape index (κ3) is 6.60. The number of likely N-dealkylation sites (tertiary alicyclic amines) is 1. The Morgan fingerprint density at radius 3 is 2.38 bits per heavy atom. The molecule has 2 atom stereocenters. The first-order valence-corrected chi connectivity index (χ1v) is 8.20. The van der Waals surface area contributed by atoms with Crippen LogP contribution >= 0.6 is 0 Å². The number of rotatable bonds is 6. The predicted octanol–water partition coefficient (Wildman–Crippen LogP) is 2.17. The van der Waals surface area contributed by atoms with E-state index in [2.05, 4.69) is 5.32 Å². The lowest BCUT2D eigenvalue weighted by molar-refractivity contribution is -0.132. The van der Waals surface area contributed by atoms with E-state index in [1.807, 2.05) is 13.8 Å². The summed E-state index contributed by atoms with van der Waals surface area (Å²) in [5, 5.41) is 11.6. The molecule has 0 radical (unpaired) electrons. The van der Waals surface area contributed by atoms with E-state index >= 15 is 0 Å². The number of carboxylic acids is 1. The Hall–Kier alpha value is -2.05. The van der Waals surface area contributed by atoms with Crippen molar-refractivity contribution in [2.75, 3.05) is 6.54 Å². The summed E-state index contributed by atoms with van der Waals surface area (Å²) in [5.74, 6) is -1.05. The van der Waals surface area contributed by atoms with Gasteiger partial charge in [0.25, 0.3) is 0 Å². The van der Waals surface area contributed by atoms with Crippen LogP contribution in [0.3, 0.4) is 0 Å². The van der Waals surface area contributed by atoms with Gasteiger partial charge in [-0.15, -0.1) is 0 Å². The number of carbonyl (C=O) groups excluding carboxylic acids is 2. The fourth-order valence-corrected chi connectivity index (χ4v) is 2.37. The summed E-state index contributed by atoms with van der Waals surface area (Å²) in [6.07, 6.45) is 3.18. The lowest BCUT2D eigenvalue weighted by Gasteiger charge is -2.40. The third-order valence-corrected chi connectivity index (χ3v) is 3.47. The second-order valence-corrected chi connectivity index (χ2v) is 7.42. The van der Waals surface area contributed by atoms with Crippen LogP contribution in [0.2, 0.25) is 0 Å². The lowest BCUT2D eigenvalue weighted by atomic mass is 10.00. The SMILES string of the molecule is CC(C)C[C@@H](C=CC(=O)O)NC(=O)[C@@H]1CCN1C(=O)OC(C)(C)C. The molecule has 0 aliphatic carbocycles. The van der Waals surface area contributed by atoms with Crippen LogP contribution in [0, 0.1) is 5.92 Å². The number of ether oxygens (including phenoxy) is 1. The van der Waals surface area contributed by atoms with E-state index in [1.165, 1.54) is 11.0 Å². The monoisotopic (exact) mass is 340 g/mol. The predicted molar refractivity (Wildman–Crippen MR) is 89.5 cm³/mol. The van der Waals surface area contributed by atoms with Gasteiger partial charge in [-0.25, -0.2) is 9.59 Å². The summed E-state index contributed by atoms with van der Waals surface area (Å²) < 4.78 is 5.29. The number of aliphatic carboxylic acids is 1. The molecule has 1 fully saturated rings. The maximum Gasteiger partial charge on any atom is 0.410 e. The van der Waals surface area contributed by atoms with Crippen molar-refractivity contribution in [3.8, 4) is 0 Å².